The van der Waals surface area contributed by atoms with E-state index in [1.807, 2.05) is 37.6 Å². The van der Waals surface area contributed by atoms with E-state index in [4.69, 9.17) is 15.0 Å². The molecule has 0 saturated heterocycles. The first kappa shape index (κ1) is 35.0. The minimum Gasteiger partial charge on any atom is -0.319 e. The van der Waals surface area contributed by atoms with Crippen LogP contribution in [-0.4, -0.2) is 28.3 Å². The molecule has 56 heavy (non-hydrogen) atoms. The Morgan fingerprint density at radius 3 is 1.55 bits per heavy atom. The number of nitrogens with zero attached hydrogens (tertiary/aromatic N) is 3. The molecule has 6 aromatic carbocycles. The van der Waals surface area contributed by atoms with Gasteiger partial charge in [-0.2, -0.15) is 0 Å². The summed E-state index contributed by atoms with van der Waals surface area (Å²) >= 11 is 0. The van der Waals surface area contributed by atoms with E-state index in [9.17, 15) is 4.57 Å². The maximum Gasteiger partial charge on any atom is 0.164 e. The second-order valence-corrected chi connectivity index (χ2v) is 20.0. The van der Waals surface area contributed by atoms with Gasteiger partial charge in [-0.3, -0.25) is 0 Å². The summed E-state index contributed by atoms with van der Waals surface area (Å²) in [5, 5.41) is 0.927. The Hall–Kier alpha value is -5.44. The molecule has 1 aromatic heterocycles. The molecule has 4 aliphatic carbocycles. The lowest BCUT2D eigenvalue weighted by Gasteiger charge is -2.62. The van der Waals surface area contributed by atoms with Crippen molar-refractivity contribution in [1.29, 1.82) is 0 Å². The molecular formula is C51H46N3OP. The summed E-state index contributed by atoms with van der Waals surface area (Å²) in [7, 11) is -2.32. The predicted molar refractivity (Wildman–Crippen MR) is 230 cm³/mol. The topological polar surface area (TPSA) is 55.7 Å². The van der Waals surface area contributed by atoms with Crippen LogP contribution in [0.1, 0.15) is 43.2 Å². The van der Waals surface area contributed by atoms with Gasteiger partial charge in [-0.15, -0.1) is 0 Å². The van der Waals surface area contributed by atoms with Crippen LogP contribution >= 0.6 is 7.14 Å². The molecule has 276 valence electrons. The second-order valence-electron chi connectivity index (χ2n) is 16.8. The molecule has 4 bridgehead atoms. The van der Waals surface area contributed by atoms with Gasteiger partial charge in [0.05, 0.1) is 0 Å². The maximum atomic E-state index is 12.8. The summed E-state index contributed by atoms with van der Waals surface area (Å²) in [5.74, 6) is 4.92. The quantitative estimate of drug-likeness (QED) is 0.145. The van der Waals surface area contributed by atoms with Crippen LogP contribution in [0, 0.1) is 23.7 Å². The number of benzene rings is 6. The van der Waals surface area contributed by atoms with Crippen molar-refractivity contribution in [3.05, 3.63) is 169 Å². The average molecular weight is 748 g/mol. The van der Waals surface area contributed by atoms with Crippen molar-refractivity contribution in [2.75, 3.05) is 13.3 Å². The van der Waals surface area contributed by atoms with Gasteiger partial charge in [0.2, 0.25) is 0 Å². The van der Waals surface area contributed by atoms with Crippen molar-refractivity contribution in [1.82, 2.24) is 15.0 Å². The molecule has 1 heterocycles. The van der Waals surface area contributed by atoms with E-state index in [-0.39, 0.29) is 5.41 Å². The zero-order valence-electron chi connectivity index (χ0n) is 32.1. The van der Waals surface area contributed by atoms with Gasteiger partial charge in [-0.1, -0.05) is 158 Å². The number of hydrogen-bond acceptors (Lipinski definition) is 4. The minimum atomic E-state index is -2.32. The summed E-state index contributed by atoms with van der Waals surface area (Å²) in [6.07, 6.45) is 6.61. The van der Waals surface area contributed by atoms with Crippen molar-refractivity contribution in [3.63, 3.8) is 0 Å². The Labute approximate surface area is 330 Å². The zero-order chi connectivity index (χ0) is 37.9. The molecular weight excluding hydrogens is 702 g/mol. The lowest BCUT2D eigenvalue weighted by molar-refractivity contribution is -0.0418. The van der Waals surface area contributed by atoms with Gasteiger partial charge in [0.1, 0.15) is 7.14 Å². The molecule has 4 fully saturated rings. The Bertz CT molecular complexity index is 2550. The average Bonchev–Trinajstić information content (AvgIpc) is 3.24. The Morgan fingerprint density at radius 2 is 0.946 bits per heavy atom. The van der Waals surface area contributed by atoms with E-state index >= 15 is 0 Å². The van der Waals surface area contributed by atoms with Crippen LogP contribution in [0.15, 0.2) is 158 Å². The molecule has 0 unspecified atom stereocenters. The molecule has 0 atom stereocenters. The van der Waals surface area contributed by atoms with E-state index in [1.165, 1.54) is 54.4 Å². The number of aromatic nitrogens is 3. The highest BCUT2D eigenvalue weighted by Crippen LogP contribution is 2.65. The smallest absolute Gasteiger partial charge is 0.164 e. The monoisotopic (exact) mass is 747 g/mol. The SMILES string of the molecule is CP(C)(=O)c1ccc(-c2cccc(C3(c4ccc(-c5nc(-c6ccccc6)nc(-c6ccccc6-c6ccccc6)n5)cc4)C4CC5CC(C4)CC3C5)c2)cc1. The van der Waals surface area contributed by atoms with E-state index in [1.54, 1.807) is 0 Å². The molecule has 4 saturated carbocycles. The summed E-state index contributed by atoms with van der Waals surface area (Å²) in [6, 6.07) is 56.2. The second kappa shape index (κ2) is 13.9. The van der Waals surface area contributed by atoms with Crippen LogP contribution in [0.2, 0.25) is 0 Å². The summed E-state index contributed by atoms with van der Waals surface area (Å²) in [4.78, 5) is 15.4. The molecule has 0 radical (unpaired) electrons. The fourth-order valence-electron chi connectivity index (χ4n) is 10.8. The zero-order valence-corrected chi connectivity index (χ0v) is 32.9. The molecule has 4 aliphatic rings. The number of rotatable bonds is 8. The van der Waals surface area contributed by atoms with Gasteiger partial charge in [0.15, 0.2) is 17.5 Å². The largest absolute Gasteiger partial charge is 0.319 e. The lowest BCUT2D eigenvalue weighted by atomic mass is 9.42. The Balaban J connectivity index is 1.08. The highest BCUT2D eigenvalue weighted by atomic mass is 31.2. The molecule has 11 rings (SSSR count). The molecule has 0 spiro atoms. The van der Waals surface area contributed by atoms with Crippen molar-refractivity contribution < 1.29 is 4.57 Å². The fourth-order valence-corrected chi connectivity index (χ4v) is 11.7. The first-order chi connectivity index (χ1) is 27.3. The van der Waals surface area contributed by atoms with E-state index in [2.05, 4.69) is 133 Å². The Kier molecular flexibility index (Phi) is 8.71. The lowest BCUT2D eigenvalue weighted by Crippen LogP contribution is -2.56. The summed E-state index contributed by atoms with van der Waals surface area (Å²) in [5.41, 5.74) is 10.3. The number of hydrogen-bond donors (Lipinski definition) is 0. The van der Waals surface area contributed by atoms with Crippen LogP contribution in [0.3, 0.4) is 0 Å². The van der Waals surface area contributed by atoms with Gasteiger partial charge in [0, 0.05) is 27.4 Å². The van der Waals surface area contributed by atoms with Crippen LogP contribution in [0.5, 0.6) is 0 Å². The summed E-state index contributed by atoms with van der Waals surface area (Å²) in [6.45, 7) is 3.69. The highest BCUT2D eigenvalue weighted by molar-refractivity contribution is 7.70. The first-order valence-corrected chi connectivity index (χ1v) is 22.8. The van der Waals surface area contributed by atoms with E-state index in [0.29, 0.717) is 29.3 Å². The van der Waals surface area contributed by atoms with Crippen molar-refractivity contribution in [2.24, 2.45) is 23.7 Å². The third-order valence-corrected chi connectivity index (χ3v) is 14.7. The Morgan fingerprint density at radius 1 is 0.446 bits per heavy atom. The molecule has 7 aromatic rings. The van der Waals surface area contributed by atoms with E-state index < -0.39 is 7.14 Å². The molecule has 5 heteroatoms. The van der Waals surface area contributed by atoms with Gasteiger partial charge >= 0.3 is 0 Å². The molecule has 0 amide bonds. The van der Waals surface area contributed by atoms with Crippen LogP contribution in [0.4, 0.5) is 0 Å². The normalized spacial score (nSPS) is 22.6. The first-order valence-electron chi connectivity index (χ1n) is 20.2. The minimum absolute atomic E-state index is 0.0570. The van der Waals surface area contributed by atoms with Crippen LogP contribution in [-0.2, 0) is 9.98 Å². The summed E-state index contributed by atoms with van der Waals surface area (Å²) < 4.78 is 12.8. The highest BCUT2D eigenvalue weighted by Gasteiger charge is 2.58. The van der Waals surface area contributed by atoms with E-state index in [0.717, 1.165) is 45.0 Å². The molecule has 4 nitrogen and oxygen atoms in total. The van der Waals surface area contributed by atoms with Crippen molar-refractivity contribution in [2.45, 2.75) is 37.5 Å². The van der Waals surface area contributed by atoms with Gasteiger partial charge in [-0.25, -0.2) is 15.0 Å². The van der Waals surface area contributed by atoms with Gasteiger partial charge in [-0.05, 0) is 102 Å². The molecule has 0 aliphatic heterocycles. The predicted octanol–water partition coefficient (Wildman–Crippen LogP) is 12.2. The third-order valence-electron chi connectivity index (χ3n) is 13.1. The fraction of sp³-hybridized carbons (Fsp3) is 0.235. The van der Waals surface area contributed by atoms with Gasteiger partial charge < -0.3 is 4.57 Å². The standard InChI is InChI=1S/C51H46N3OP/c1-56(2,55)45-26-22-36(23-27-45)40-16-11-17-42(33-40)51(43-29-34-28-35(31-43)32-44(51)30-34)41-24-20-39(21-25-41)49-52-48(38-14-7-4-8-15-38)53-50(54-49)47-19-10-9-18-46(47)37-12-5-3-6-13-37/h3-27,33-35,43-44H,28-32H2,1-2H3. The maximum absolute atomic E-state index is 12.8. The third kappa shape index (κ3) is 6.16. The molecule has 0 N–H and O–H groups in total. The van der Waals surface area contributed by atoms with Gasteiger partial charge in [0.25, 0.3) is 0 Å². The van der Waals surface area contributed by atoms with Crippen LogP contribution < -0.4 is 5.30 Å². The van der Waals surface area contributed by atoms with Crippen molar-refractivity contribution in [3.8, 4) is 56.4 Å². The van der Waals surface area contributed by atoms with Crippen LogP contribution in [0.25, 0.3) is 56.4 Å². The van der Waals surface area contributed by atoms with Crippen molar-refractivity contribution >= 4 is 12.4 Å².